The van der Waals surface area contributed by atoms with Gasteiger partial charge in [-0.05, 0) is 60.7 Å². The molecule has 1 aromatic heterocycles. The lowest BCUT2D eigenvalue weighted by atomic mass is 9.94. The number of carbonyl (C=O) groups is 3. The van der Waals surface area contributed by atoms with Crippen LogP contribution in [0.1, 0.15) is 28.8 Å². The van der Waals surface area contributed by atoms with E-state index in [1.165, 1.54) is 24.4 Å². The zero-order valence-electron chi connectivity index (χ0n) is 23.3. The number of benzene rings is 3. The molecule has 43 heavy (non-hydrogen) atoms. The van der Waals surface area contributed by atoms with Crippen molar-refractivity contribution in [2.24, 2.45) is 5.92 Å². The van der Waals surface area contributed by atoms with Crippen LogP contribution >= 0.6 is 0 Å². The highest BCUT2D eigenvalue weighted by Crippen LogP contribution is 2.27. The van der Waals surface area contributed by atoms with Crippen molar-refractivity contribution < 1.29 is 27.0 Å². The Hall–Kier alpha value is -4.77. The second-order valence-corrected chi connectivity index (χ2v) is 12.3. The molecule has 0 saturated carbocycles. The Morgan fingerprint density at radius 2 is 1.67 bits per heavy atom. The van der Waals surface area contributed by atoms with Crippen LogP contribution in [0, 0.1) is 5.92 Å². The molecule has 2 saturated heterocycles. The molecule has 0 spiro atoms. The van der Waals surface area contributed by atoms with Crippen molar-refractivity contribution in [3.8, 4) is 5.75 Å². The number of urea groups is 1. The van der Waals surface area contributed by atoms with Gasteiger partial charge in [0, 0.05) is 54.8 Å². The summed E-state index contributed by atoms with van der Waals surface area (Å²) in [6.07, 6.45) is 4.85. The topological polar surface area (TPSA) is 126 Å². The molecule has 10 nitrogen and oxygen atoms in total. The minimum atomic E-state index is -4.11. The van der Waals surface area contributed by atoms with Crippen LogP contribution in [0.4, 0.5) is 4.79 Å². The summed E-state index contributed by atoms with van der Waals surface area (Å²) in [5.41, 5.74) is 1.41. The first kappa shape index (κ1) is 28.4. The number of fused-ring (bicyclic) bond motifs is 1. The molecular weight excluding hydrogens is 568 g/mol. The van der Waals surface area contributed by atoms with E-state index < -0.39 is 22.2 Å². The van der Waals surface area contributed by atoms with Crippen LogP contribution in [-0.2, 0) is 21.3 Å². The third-order valence-electron chi connectivity index (χ3n) is 8.02. The molecule has 0 aliphatic carbocycles. The summed E-state index contributed by atoms with van der Waals surface area (Å²) in [6.45, 7) is 1.59. The Bertz CT molecular complexity index is 1770. The SMILES string of the molecule is O=C1NC(=O)N(CC2CCN(C(=O)c3ccccc3)CC2)C1Cc1ccc(OS(=O)(=O)c2cccc3cnccc23)cc1. The monoisotopic (exact) mass is 598 g/mol. The number of imide groups is 1. The maximum atomic E-state index is 13.1. The average molecular weight is 599 g/mol. The lowest BCUT2D eigenvalue weighted by Gasteiger charge is -2.34. The fraction of sp³-hybridized carbons (Fsp3) is 0.250. The van der Waals surface area contributed by atoms with Crippen molar-refractivity contribution in [2.45, 2.75) is 30.2 Å². The zero-order valence-corrected chi connectivity index (χ0v) is 24.1. The van der Waals surface area contributed by atoms with E-state index in [9.17, 15) is 22.8 Å². The van der Waals surface area contributed by atoms with E-state index >= 15 is 0 Å². The molecule has 1 unspecified atom stereocenters. The van der Waals surface area contributed by atoms with E-state index in [2.05, 4.69) is 10.3 Å². The van der Waals surface area contributed by atoms with Crippen LogP contribution in [0.25, 0.3) is 10.8 Å². The van der Waals surface area contributed by atoms with Crippen LogP contribution in [0.2, 0.25) is 0 Å². The Labute approximate surface area is 249 Å². The van der Waals surface area contributed by atoms with Gasteiger partial charge in [0.2, 0.25) is 0 Å². The van der Waals surface area contributed by atoms with Gasteiger partial charge in [-0.3, -0.25) is 19.9 Å². The number of rotatable bonds is 8. The fourth-order valence-electron chi connectivity index (χ4n) is 5.70. The highest BCUT2D eigenvalue weighted by molar-refractivity contribution is 7.87. The van der Waals surface area contributed by atoms with Crippen LogP contribution < -0.4 is 9.50 Å². The number of aromatic nitrogens is 1. The van der Waals surface area contributed by atoms with Crippen LogP contribution in [0.5, 0.6) is 5.75 Å². The molecule has 4 amide bonds. The van der Waals surface area contributed by atoms with Gasteiger partial charge in [0.1, 0.15) is 16.7 Å². The first-order chi connectivity index (χ1) is 20.8. The number of carbonyl (C=O) groups excluding carboxylic acids is 3. The summed E-state index contributed by atoms with van der Waals surface area (Å²) >= 11 is 0. The molecule has 0 radical (unpaired) electrons. The summed E-state index contributed by atoms with van der Waals surface area (Å²) < 4.78 is 31.5. The van der Waals surface area contributed by atoms with Gasteiger partial charge < -0.3 is 14.0 Å². The number of hydrogen-bond donors (Lipinski definition) is 1. The van der Waals surface area contributed by atoms with E-state index in [0.29, 0.717) is 36.0 Å². The predicted molar refractivity (Wildman–Crippen MR) is 159 cm³/mol. The van der Waals surface area contributed by atoms with Crippen molar-refractivity contribution in [3.05, 3.63) is 102 Å². The molecule has 11 heteroatoms. The van der Waals surface area contributed by atoms with Gasteiger partial charge in [-0.25, -0.2) is 4.79 Å². The Morgan fingerprint density at radius 1 is 0.930 bits per heavy atom. The molecule has 2 fully saturated rings. The van der Waals surface area contributed by atoms with Gasteiger partial charge in [0.05, 0.1) is 0 Å². The quantitative estimate of drug-likeness (QED) is 0.240. The first-order valence-electron chi connectivity index (χ1n) is 14.1. The second kappa shape index (κ2) is 11.8. The molecule has 3 heterocycles. The van der Waals surface area contributed by atoms with Gasteiger partial charge in [0.25, 0.3) is 11.8 Å². The van der Waals surface area contributed by atoms with Crippen molar-refractivity contribution in [3.63, 3.8) is 0 Å². The van der Waals surface area contributed by atoms with E-state index in [1.54, 1.807) is 53.6 Å². The summed E-state index contributed by atoms with van der Waals surface area (Å²) in [4.78, 5) is 45.7. The number of nitrogens with one attached hydrogen (secondary N) is 1. The zero-order chi connectivity index (χ0) is 30.0. The van der Waals surface area contributed by atoms with Crippen molar-refractivity contribution >= 4 is 38.7 Å². The number of amides is 4. The molecular formula is C32H30N4O6S. The van der Waals surface area contributed by atoms with Gasteiger partial charge in [0.15, 0.2) is 0 Å². The number of likely N-dealkylation sites (tertiary alicyclic amines) is 1. The third-order valence-corrected chi connectivity index (χ3v) is 9.32. The van der Waals surface area contributed by atoms with Crippen molar-refractivity contribution in [2.75, 3.05) is 19.6 Å². The maximum absolute atomic E-state index is 13.1. The van der Waals surface area contributed by atoms with Crippen LogP contribution in [-0.4, -0.2) is 66.7 Å². The molecule has 220 valence electrons. The molecule has 4 aromatic rings. The molecule has 1 N–H and O–H groups in total. The Morgan fingerprint density at radius 3 is 2.42 bits per heavy atom. The standard InChI is InChI=1S/C32H30N4O6S/c37-30-28(36(32(39)34-30)21-23-14-17-35(18-15-23)31(38)24-5-2-1-3-6-24)19-22-9-11-26(12-10-22)42-43(40,41)29-8-4-7-25-20-33-16-13-27(25)29/h1-13,16,20,23,28H,14-15,17-19,21H2,(H,34,37,39). The Kier molecular flexibility index (Phi) is 7.81. The normalized spacial score (nSPS) is 17.7. The second-order valence-electron chi connectivity index (χ2n) is 10.8. The van der Waals surface area contributed by atoms with E-state index in [4.69, 9.17) is 4.18 Å². The minimum absolute atomic E-state index is 0.000617. The molecule has 3 aromatic carbocycles. The number of pyridine rings is 1. The van der Waals surface area contributed by atoms with Gasteiger partial charge >= 0.3 is 16.1 Å². The lowest BCUT2D eigenvalue weighted by Crippen LogP contribution is -2.44. The van der Waals surface area contributed by atoms with Crippen molar-refractivity contribution in [1.29, 1.82) is 0 Å². The average Bonchev–Trinajstić information content (AvgIpc) is 3.29. The summed E-state index contributed by atoms with van der Waals surface area (Å²) in [5.74, 6) is -0.0732. The van der Waals surface area contributed by atoms with Gasteiger partial charge in [-0.15, -0.1) is 0 Å². The van der Waals surface area contributed by atoms with E-state index in [0.717, 1.165) is 18.4 Å². The van der Waals surface area contributed by atoms with Crippen LogP contribution in [0.15, 0.2) is 96.2 Å². The highest BCUT2D eigenvalue weighted by Gasteiger charge is 2.40. The molecule has 0 bridgehead atoms. The van der Waals surface area contributed by atoms with E-state index in [1.807, 2.05) is 23.1 Å². The largest absolute Gasteiger partial charge is 0.379 e. The first-order valence-corrected chi connectivity index (χ1v) is 15.5. The molecule has 1 atom stereocenters. The summed E-state index contributed by atoms with van der Waals surface area (Å²) in [7, 11) is -4.11. The fourth-order valence-corrected chi connectivity index (χ4v) is 6.86. The van der Waals surface area contributed by atoms with Crippen LogP contribution in [0.3, 0.4) is 0 Å². The maximum Gasteiger partial charge on any atom is 0.339 e. The smallest absolute Gasteiger partial charge is 0.339 e. The molecule has 2 aliphatic rings. The highest BCUT2D eigenvalue weighted by atomic mass is 32.2. The number of hydrogen-bond acceptors (Lipinski definition) is 7. The van der Waals surface area contributed by atoms with Gasteiger partial charge in [-0.1, -0.05) is 42.5 Å². The number of nitrogens with zero attached hydrogens (tertiary/aromatic N) is 3. The third kappa shape index (κ3) is 6.07. The van der Waals surface area contributed by atoms with Gasteiger partial charge in [-0.2, -0.15) is 8.42 Å². The molecule has 2 aliphatic heterocycles. The predicted octanol–water partition coefficient (Wildman–Crippen LogP) is 4.02. The number of piperidine rings is 1. The van der Waals surface area contributed by atoms with E-state index in [-0.39, 0.29) is 34.8 Å². The minimum Gasteiger partial charge on any atom is -0.379 e. The van der Waals surface area contributed by atoms with Crippen molar-refractivity contribution in [1.82, 2.24) is 20.1 Å². The molecule has 6 rings (SSSR count). The summed E-state index contributed by atoms with van der Waals surface area (Å²) in [6, 6.07) is 21.1. The Balaban J connectivity index is 1.08. The summed E-state index contributed by atoms with van der Waals surface area (Å²) in [5, 5.41) is 3.62. The lowest BCUT2D eigenvalue weighted by molar-refractivity contribution is -0.121.